The first-order valence-electron chi connectivity index (χ1n) is 6.73. The Bertz CT molecular complexity index is 179. The van der Waals surface area contributed by atoms with Crippen LogP contribution in [0.4, 0.5) is 0 Å². The van der Waals surface area contributed by atoms with Gasteiger partial charge in [-0.15, -0.1) is 0 Å². The molecule has 1 saturated carbocycles. The zero-order valence-corrected chi connectivity index (χ0v) is 10.1. The van der Waals surface area contributed by atoms with Gasteiger partial charge >= 0.3 is 0 Å². The van der Waals surface area contributed by atoms with Crippen LogP contribution in [-0.2, 0) is 0 Å². The lowest BCUT2D eigenvalue weighted by atomic mass is 9.89. The molecular weight excluding hydrogens is 184 g/mol. The van der Waals surface area contributed by atoms with E-state index in [-0.39, 0.29) is 0 Å². The first kappa shape index (κ1) is 11.4. The highest BCUT2D eigenvalue weighted by Crippen LogP contribution is 2.36. The van der Waals surface area contributed by atoms with Crippen LogP contribution >= 0.6 is 0 Å². The van der Waals surface area contributed by atoms with E-state index in [1.807, 2.05) is 0 Å². The summed E-state index contributed by atoms with van der Waals surface area (Å²) < 4.78 is 0. The monoisotopic (exact) mass is 210 g/mol. The van der Waals surface area contributed by atoms with Gasteiger partial charge in [0.15, 0.2) is 0 Å². The van der Waals surface area contributed by atoms with Crippen molar-refractivity contribution < 1.29 is 0 Å². The molecular formula is C13H26N2. The van der Waals surface area contributed by atoms with Crippen molar-refractivity contribution in [2.24, 2.45) is 5.41 Å². The normalized spacial score (nSPS) is 30.6. The van der Waals surface area contributed by atoms with Crippen molar-refractivity contribution in [1.82, 2.24) is 10.6 Å². The third kappa shape index (κ3) is 3.46. The molecule has 88 valence electrons. The lowest BCUT2D eigenvalue weighted by molar-refractivity contribution is 0.297. The van der Waals surface area contributed by atoms with Crippen LogP contribution < -0.4 is 10.6 Å². The number of hydrogen-bond donors (Lipinski definition) is 2. The Hall–Kier alpha value is -0.0800. The molecule has 0 spiro atoms. The molecule has 0 amide bonds. The Morgan fingerprint density at radius 3 is 2.67 bits per heavy atom. The average molecular weight is 210 g/mol. The SMILES string of the molecule is CC1(CNCC2CCCCN2)CCCC1. The maximum Gasteiger partial charge on any atom is 0.0192 e. The molecule has 15 heavy (non-hydrogen) atoms. The summed E-state index contributed by atoms with van der Waals surface area (Å²) in [5.41, 5.74) is 0.606. The van der Waals surface area contributed by atoms with Crippen LogP contribution in [0.25, 0.3) is 0 Å². The maximum absolute atomic E-state index is 3.68. The van der Waals surface area contributed by atoms with Gasteiger partial charge < -0.3 is 10.6 Å². The fourth-order valence-electron chi connectivity index (χ4n) is 3.05. The van der Waals surface area contributed by atoms with Gasteiger partial charge in [-0.1, -0.05) is 26.2 Å². The maximum atomic E-state index is 3.68. The molecule has 0 aromatic heterocycles. The Labute approximate surface area is 94.2 Å². The number of piperidine rings is 1. The smallest absolute Gasteiger partial charge is 0.0192 e. The zero-order valence-electron chi connectivity index (χ0n) is 10.1. The Kier molecular flexibility index (Phi) is 4.04. The van der Waals surface area contributed by atoms with Crippen LogP contribution in [0.15, 0.2) is 0 Å². The van der Waals surface area contributed by atoms with Gasteiger partial charge in [0.1, 0.15) is 0 Å². The van der Waals surface area contributed by atoms with E-state index in [1.54, 1.807) is 0 Å². The highest BCUT2D eigenvalue weighted by Gasteiger charge is 2.28. The van der Waals surface area contributed by atoms with E-state index in [9.17, 15) is 0 Å². The summed E-state index contributed by atoms with van der Waals surface area (Å²) in [5.74, 6) is 0. The van der Waals surface area contributed by atoms with Gasteiger partial charge in [-0.05, 0) is 37.6 Å². The van der Waals surface area contributed by atoms with Crippen molar-refractivity contribution in [3.05, 3.63) is 0 Å². The third-order valence-corrected chi connectivity index (χ3v) is 4.17. The molecule has 1 saturated heterocycles. The number of nitrogens with one attached hydrogen (secondary N) is 2. The van der Waals surface area contributed by atoms with Gasteiger partial charge in [-0.25, -0.2) is 0 Å². The van der Waals surface area contributed by atoms with Crippen LogP contribution in [0, 0.1) is 5.41 Å². The van der Waals surface area contributed by atoms with Crippen LogP contribution in [0.2, 0.25) is 0 Å². The molecule has 2 heteroatoms. The van der Waals surface area contributed by atoms with Crippen molar-refractivity contribution in [1.29, 1.82) is 0 Å². The summed E-state index contributed by atoms with van der Waals surface area (Å²) in [6.45, 7) is 6.08. The van der Waals surface area contributed by atoms with Crippen molar-refractivity contribution in [2.75, 3.05) is 19.6 Å². The van der Waals surface area contributed by atoms with E-state index in [2.05, 4.69) is 17.6 Å². The first-order chi connectivity index (χ1) is 7.29. The fraction of sp³-hybridized carbons (Fsp3) is 1.00. The van der Waals surface area contributed by atoms with Gasteiger partial charge in [-0.2, -0.15) is 0 Å². The molecule has 0 aromatic rings. The molecule has 1 atom stereocenters. The van der Waals surface area contributed by atoms with Crippen molar-refractivity contribution in [2.45, 2.75) is 57.9 Å². The van der Waals surface area contributed by atoms with Gasteiger partial charge in [0.05, 0.1) is 0 Å². The molecule has 2 rings (SSSR count). The molecule has 2 aliphatic rings. The minimum absolute atomic E-state index is 0.606. The van der Waals surface area contributed by atoms with Crippen LogP contribution in [0.5, 0.6) is 0 Å². The number of rotatable bonds is 4. The Balaban J connectivity index is 1.61. The van der Waals surface area contributed by atoms with Gasteiger partial charge in [0, 0.05) is 19.1 Å². The topological polar surface area (TPSA) is 24.1 Å². The summed E-state index contributed by atoms with van der Waals surface area (Å²) in [5, 5.41) is 7.27. The van der Waals surface area contributed by atoms with Gasteiger partial charge in [0.2, 0.25) is 0 Å². The quantitative estimate of drug-likeness (QED) is 0.744. The second kappa shape index (κ2) is 5.31. The number of hydrogen-bond acceptors (Lipinski definition) is 2. The highest BCUT2D eigenvalue weighted by atomic mass is 15.0. The Morgan fingerprint density at radius 2 is 2.00 bits per heavy atom. The zero-order chi connectivity index (χ0) is 10.6. The van der Waals surface area contributed by atoms with E-state index >= 15 is 0 Å². The highest BCUT2D eigenvalue weighted by molar-refractivity contribution is 4.83. The predicted octanol–water partition coefficient (Wildman–Crippen LogP) is 2.30. The van der Waals surface area contributed by atoms with E-state index in [4.69, 9.17) is 0 Å². The van der Waals surface area contributed by atoms with Gasteiger partial charge in [-0.3, -0.25) is 0 Å². The van der Waals surface area contributed by atoms with Crippen molar-refractivity contribution >= 4 is 0 Å². The third-order valence-electron chi connectivity index (χ3n) is 4.17. The van der Waals surface area contributed by atoms with Crippen LogP contribution in [0.3, 0.4) is 0 Å². The van der Waals surface area contributed by atoms with Gasteiger partial charge in [0.25, 0.3) is 0 Å². The summed E-state index contributed by atoms with van der Waals surface area (Å²) in [4.78, 5) is 0. The summed E-state index contributed by atoms with van der Waals surface area (Å²) >= 11 is 0. The lowest BCUT2D eigenvalue weighted by Gasteiger charge is -2.28. The minimum atomic E-state index is 0.606. The average Bonchev–Trinajstić information content (AvgIpc) is 2.67. The molecule has 0 radical (unpaired) electrons. The molecule has 0 bridgehead atoms. The molecule has 0 aromatic carbocycles. The Morgan fingerprint density at radius 1 is 1.20 bits per heavy atom. The molecule has 2 nitrogen and oxygen atoms in total. The standard InChI is InChI=1S/C13H26N2/c1-13(7-3-4-8-13)11-14-10-12-6-2-5-9-15-12/h12,14-15H,2-11H2,1H3. The molecule has 1 aliphatic heterocycles. The molecule has 1 heterocycles. The molecule has 1 unspecified atom stereocenters. The van der Waals surface area contributed by atoms with Crippen LogP contribution in [0.1, 0.15) is 51.9 Å². The molecule has 2 fully saturated rings. The van der Waals surface area contributed by atoms with Crippen molar-refractivity contribution in [3.63, 3.8) is 0 Å². The van der Waals surface area contributed by atoms with E-state index in [0.717, 1.165) is 6.04 Å². The lowest BCUT2D eigenvalue weighted by Crippen LogP contribution is -2.43. The fourth-order valence-corrected chi connectivity index (χ4v) is 3.05. The molecule has 1 aliphatic carbocycles. The summed E-state index contributed by atoms with van der Waals surface area (Å²) in [7, 11) is 0. The van der Waals surface area contributed by atoms with Crippen LogP contribution in [-0.4, -0.2) is 25.7 Å². The largest absolute Gasteiger partial charge is 0.315 e. The van der Waals surface area contributed by atoms with E-state index in [1.165, 1.54) is 64.6 Å². The minimum Gasteiger partial charge on any atom is -0.315 e. The summed E-state index contributed by atoms with van der Waals surface area (Å²) in [6, 6.07) is 0.740. The second-order valence-electron chi connectivity index (χ2n) is 5.80. The van der Waals surface area contributed by atoms with E-state index in [0.29, 0.717) is 5.41 Å². The van der Waals surface area contributed by atoms with Crippen molar-refractivity contribution in [3.8, 4) is 0 Å². The molecule has 2 N–H and O–H groups in total. The summed E-state index contributed by atoms with van der Waals surface area (Å²) in [6.07, 6.45) is 9.89. The second-order valence-corrected chi connectivity index (χ2v) is 5.80. The predicted molar refractivity (Wildman–Crippen MR) is 65.1 cm³/mol. The first-order valence-corrected chi connectivity index (χ1v) is 6.73. The van der Waals surface area contributed by atoms with E-state index < -0.39 is 0 Å².